The van der Waals surface area contributed by atoms with Gasteiger partial charge < -0.3 is 0 Å². The number of halogens is 2. The highest BCUT2D eigenvalue weighted by atomic mass is 35.5. The molecule has 0 aliphatic rings. The minimum Gasteiger partial charge on any atom is -0.227 e. The maximum absolute atomic E-state index is 10.6. The molecule has 1 aromatic rings. The van der Waals surface area contributed by atoms with Crippen molar-refractivity contribution in [2.75, 3.05) is 0 Å². The van der Waals surface area contributed by atoms with Crippen LogP contribution in [-0.4, -0.2) is 8.42 Å². The predicted octanol–water partition coefficient (Wildman–Crippen LogP) is 2.27. The van der Waals surface area contributed by atoms with Gasteiger partial charge in [0.2, 0.25) is 0 Å². The van der Waals surface area contributed by atoms with E-state index in [1.807, 2.05) is 0 Å². The molecule has 12 heavy (non-hydrogen) atoms. The van der Waals surface area contributed by atoms with Crippen LogP contribution in [0.1, 0.15) is 5.56 Å². The van der Waals surface area contributed by atoms with Gasteiger partial charge in [0.15, 0.2) is 10.7 Å². The zero-order valence-electron chi connectivity index (χ0n) is 6.17. The van der Waals surface area contributed by atoms with Crippen LogP contribution in [0.2, 0.25) is 10.0 Å². The molecule has 0 fully saturated rings. The Hall–Kier alpha value is -0.250. The van der Waals surface area contributed by atoms with E-state index < -0.39 is 10.7 Å². The largest absolute Gasteiger partial charge is 0.227 e. The van der Waals surface area contributed by atoms with Gasteiger partial charge in [-0.05, 0) is 24.6 Å². The van der Waals surface area contributed by atoms with E-state index in [4.69, 9.17) is 23.2 Å². The third-order valence-corrected chi connectivity index (χ3v) is 3.04. The summed E-state index contributed by atoms with van der Waals surface area (Å²) in [6, 6.07) is 2.88. The van der Waals surface area contributed by atoms with Crippen molar-refractivity contribution in [2.45, 2.75) is 11.8 Å². The van der Waals surface area contributed by atoms with Gasteiger partial charge in [-0.3, -0.25) is 0 Å². The van der Waals surface area contributed by atoms with E-state index in [0.29, 0.717) is 10.6 Å². The summed E-state index contributed by atoms with van der Waals surface area (Å²) in [7, 11) is -2.64. The SMILES string of the molecule is Cc1cc([SH](=O)=O)c(Cl)cc1Cl. The number of aryl methyl sites for hydroxylation is 1. The summed E-state index contributed by atoms with van der Waals surface area (Å²) in [5.74, 6) is 0. The first kappa shape index (κ1) is 9.84. The Kier molecular flexibility index (Phi) is 2.99. The van der Waals surface area contributed by atoms with Crippen LogP contribution in [0, 0.1) is 6.92 Å². The fraction of sp³-hybridized carbons (Fsp3) is 0.143. The standard InChI is InChI=1S/C7H6Cl2O2S/c1-4-2-7(12(10)11)6(9)3-5(4)8/h2-3,12H,1H3. The van der Waals surface area contributed by atoms with Crippen LogP contribution in [-0.2, 0) is 10.7 Å². The molecule has 0 aromatic heterocycles. The number of hydrogen-bond acceptors (Lipinski definition) is 2. The van der Waals surface area contributed by atoms with Crippen molar-refractivity contribution in [3.63, 3.8) is 0 Å². The van der Waals surface area contributed by atoms with Crippen molar-refractivity contribution in [1.82, 2.24) is 0 Å². The molecule has 2 nitrogen and oxygen atoms in total. The second-order valence-electron chi connectivity index (χ2n) is 2.31. The van der Waals surface area contributed by atoms with Gasteiger partial charge in [0.1, 0.15) is 0 Å². The van der Waals surface area contributed by atoms with Crippen LogP contribution in [0.15, 0.2) is 17.0 Å². The van der Waals surface area contributed by atoms with E-state index in [-0.39, 0.29) is 9.92 Å². The first-order valence-electron chi connectivity index (χ1n) is 3.12. The van der Waals surface area contributed by atoms with Crippen LogP contribution >= 0.6 is 23.2 Å². The Labute approximate surface area is 82.1 Å². The summed E-state index contributed by atoms with van der Waals surface area (Å²) in [6.45, 7) is 1.72. The van der Waals surface area contributed by atoms with Crippen molar-refractivity contribution in [1.29, 1.82) is 0 Å². The average Bonchev–Trinajstić information content (AvgIpc) is 1.96. The molecule has 0 saturated heterocycles. The zero-order chi connectivity index (χ0) is 9.30. The third-order valence-electron chi connectivity index (χ3n) is 1.42. The second-order valence-corrected chi connectivity index (χ2v) is 4.12. The Bertz CT molecular complexity index is 377. The highest BCUT2D eigenvalue weighted by molar-refractivity contribution is 7.72. The molecule has 0 unspecified atom stereocenters. The van der Waals surface area contributed by atoms with Crippen molar-refractivity contribution < 1.29 is 8.42 Å². The number of benzene rings is 1. The van der Waals surface area contributed by atoms with Gasteiger partial charge in [0.05, 0.1) is 9.92 Å². The predicted molar refractivity (Wildman–Crippen MR) is 49.8 cm³/mol. The first-order chi connectivity index (χ1) is 5.52. The van der Waals surface area contributed by atoms with Gasteiger partial charge in [0.25, 0.3) is 0 Å². The summed E-state index contributed by atoms with van der Waals surface area (Å²) in [5.41, 5.74) is 0.704. The summed E-state index contributed by atoms with van der Waals surface area (Å²) in [4.78, 5) is 0.119. The lowest BCUT2D eigenvalue weighted by atomic mass is 10.2. The number of rotatable bonds is 1. The molecule has 0 N–H and O–H groups in total. The number of thiol groups is 1. The molecule has 0 amide bonds. The minimum atomic E-state index is -2.64. The van der Waals surface area contributed by atoms with Gasteiger partial charge in [-0.25, -0.2) is 8.42 Å². The van der Waals surface area contributed by atoms with E-state index >= 15 is 0 Å². The monoisotopic (exact) mass is 224 g/mol. The Morgan fingerprint density at radius 1 is 1.17 bits per heavy atom. The molecule has 0 radical (unpaired) electrons. The molecule has 0 saturated carbocycles. The summed E-state index contributed by atoms with van der Waals surface area (Å²) >= 11 is 11.3. The molecule has 0 spiro atoms. The van der Waals surface area contributed by atoms with Crippen molar-refractivity contribution in [2.24, 2.45) is 0 Å². The third kappa shape index (κ3) is 1.91. The average molecular weight is 225 g/mol. The second kappa shape index (κ2) is 3.64. The summed E-state index contributed by atoms with van der Waals surface area (Å²) < 4.78 is 21.2. The Morgan fingerprint density at radius 3 is 2.25 bits per heavy atom. The van der Waals surface area contributed by atoms with E-state index in [9.17, 15) is 8.42 Å². The van der Waals surface area contributed by atoms with E-state index in [1.54, 1.807) is 6.92 Å². The highest BCUT2D eigenvalue weighted by Gasteiger charge is 2.05. The van der Waals surface area contributed by atoms with Crippen molar-refractivity contribution in [3.8, 4) is 0 Å². The molecule has 1 aromatic carbocycles. The van der Waals surface area contributed by atoms with E-state index in [1.165, 1.54) is 12.1 Å². The normalized spacial score (nSPS) is 10.7. The lowest BCUT2D eigenvalue weighted by Gasteiger charge is -2.00. The van der Waals surface area contributed by atoms with Gasteiger partial charge in [0, 0.05) is 5.02 Å². The van der Waals surface area contributed by atoms with Crippen molar-refractivity contribution in [3.05, 3.63) is 27.7 Å². The fourth-order valence-electron chi connectivity index (χ4n) is 0.782. The topological polar surface area (TPSA) is 34.1 Å². The molecule has 0 bridgehead atoms. The summed E-state index contributed by atoms with van der Waals surface area (Å²) in [5, 5.41) is 0.641. The van der Waals surface area contributed by atoms with Crippen LogP contribution in [0.25, 0.3) is 0 Å². The molecule has 0 heterocycles. The number of hydrogen-bond donors (Lipinski definition) is 1. The lowest BCUT2D eigenvalue weighted by molar-refractivity contribution is 0.614. The lowest BCUT2D eigenvalue weighted by Crippen LogP contribution is -1.85. The molecule has 0 aliphatic heterocycles. The van der Waals surface area contributed by atoms with Crippen molar-refractivity contribution >= 4 is 33.9 Å². The molecule has 1 rings (SSSR count). The Morgan fingerprint density at radius 2 is 1.75 bits per heavy atom. The van der Waals surface area contributed by atoms with Gasteiger partial charge in [-0.2, -0.15) is 0 Å². The molecular weight excluding hydrogens is 219 g/mol. The Balaban J connectivity index is 3.43. The molecule has 66 valence electrons. The fourth-order valence-corrected chi connectivity index (χ4v) is 1.91. The molecular formula is C7H6Cl2O2S. The van der Waals surface area contributed by atoms with E-state index in [2.05, 4.69) is 0 Å². The van der Waals surface area contributed by atoms with Crippen LogP contribution in [0.4, 0.5) is 0 Å². The zero-order valence-corrected chi connectivity index (χ0v) is 8.58. The molecule has 5 heteroatoms. The smallest absolute Gasteiger partial charge is 0.169 e. The maximum atomic E-state index is 10.6. The van der Waals surface area contributed by atoms with Gasteiger partial charge >= 0.3 is 0 Å². The van der Waals surface area contributed by atoms with Gasteiger partial charge in [-0.1, -0.05) is 23.2 Å². The van der Waals surface area contributed by atoms with Crippen LogP contribution in [0.5, 0.6) is 0 Å². The van der Waals surface area contributed by atoms with E-state index in [0.717, 1.165) is 0 Å². The quantitative estimate of drug-likeness (QED) is 0.744. The highest BCUT2D eigenvalue weighted by Crippen LogP contribution is 2.25. The minimum absolute atomic E-state index is 0.119. The van der Waals surface area contributed by atoms with Crippen LogP contribution in [0.3, 0.4) is 0 Å². The summed E-state index contributed by atoms with van der Waals surface area (Å²) in [6.07, 6.45) is 0. The van der Waals surface area contributed by atoms with Gasteiger partial charge in [-0.15, -0.1) is 0 Å². The molecule has 0 atom stereocenters. The maximum Gasteiger partial charge on any atom is 0.169 e. The van der Waals surface area contributed by atoms with Crippen LogP contribution < -0.4 is 0 Å². The first-order valence-corrected chi connectivity index (χ1v) is 5.05. The molecule has 0 aliphatic carbocycles.